The van der Waals surface area contributed by atoms with Crippen molar-refractivity contribution in [2.24, 2.45) is 4.99 Å². The van der Waals surface area contributed by atoms with E-state index in [1.807, 2.05) is 26.1 Å². The van der Waals surface area contributed by atoms with Crippen LogP contribution in [0.2, 0.25) is 0 Å². The van der Waals surface area contributed by atoms with Gasteiger partial charge in [-0.15, -0.1) is 0 Å². The molecule has 86 valence electrons. The van der Waals surface area contributed by atoms with Crippen LogP contribution in [0.1, 0.15) is 20.3 Å². The minimum Gasteiger partial charge on any atom is -0.392 e. The maximum absolute atomic E-state index is 9.21. The highest BCUT2D eigenvalue weighted by Gasteiger charge is 2.00. The molecule has 0 spiro atoms. The van der Waals surface area contributed by atoms with Crippen molar-refractivity contribution in [2.75, 3.05) is 20.2 Å². The lowest BCUT2D eigenvalue weighted by Crippen LogP contribution is -2.13. The Morgan fingerprint density at radius 1 is 1.53 bits per heavy atom. The van der Waals surface area contributed by atoms with Crippen molar-refractivity contribution < 1.29 is 5.11 Å². The predicted octanol–water partition coefficient (Wildman–Crippen LogP) is 2.23. The minimum atomic E-state index is 0.0313. The van der Waals surface area contributed by atoms with Crippen LogP contribution in [0.3, 0.4) is 0 Å². The largest absolute Gasteiger partial charge is 0.392 e. The number of nitrogens with one attached hydrogen (secondary N) is 1. The van der Waals surface area contributed by atoms with Crippen LogP contribution >= 0.6 is 15.9 Å². The van der Waals surface area contributed by atoms with Crippen molar-refractivity contribution in [3.8, 4) is 0 Å². The molecule has 0 fully saturated rings. The van der Waals surface area contributed by atoms with Crippen molar-refractivity contribution in [1.29, 1.82) is 0 Å². The molecule has 0 bridgehead atoms. The molecule has 0 aliphatic heterocycles. The molecule has 0 aromatic heterocycles. The average Bonchev–Trinajstić information content (AvgIpc) is 2.22. The summed E-state index contributed by atoms with van der Waals surface area (Å²) in [6.45, 7) is 4.53. The van der Waals surface area contributed by atoms with Gasteiger partial charge in [0.25, 0.3) is 0 Å². The van der Waals surface area contributed by atoms with E-state index >= 15 is 0 Å². The SMILES string of the molecule is CCC=C/C(CO)=C(\CN=C(C)Br)NC. The third-order valence-corrected chi connectivity index (χ3v) is 2.12. The van der Waals surface area contributed by atoms with Crippen molar-refractivity contribution in [2.45, 2.75) is 20.3 Å². The van der Waals surface area contributed by atoms with E-state index in [4.69, 9.17) is 0 Å². The summed E-state index contributed by atoms with van der Waals surface area (Å²) in [7, 11) is 1.84. The van der Waals surface area contributed by atoms with Crippen LogP contribution in [0.15, 0.2) is 28.4 Å². The fourth-order valence-corrected chi connectivity index (χ4v) is 1.16. The highest BCUT2D eigenvalue weighted by molar-refractivity contribution is 9.18. The molecule has 0 aliphatic carbocycles. The summed E-state index contributed by atoms with van der Waals surface area (Å²) >= 11 is 3.27. The van der Waals surface area contributed by atoms with Crippen LogP contribution < -0.4 is 5.32 Å². The van der Waals surface area contributed by atoms with E-state index in [9.17, 15) is 5.11 Å². The normalized spacial score (nSPS) is 14.3. The zero-order chi connectivity index (χ0) is 11.7. The second-order valence-electron chi connectivity index (χ2n) is 3.04. The van der Waals surface area contributed by atoms with Gasteiger partial charge < -0.3 is 10.4 Å². The van der Waals surface area contributed by atoms with E-state index in [0.29, 0.717) is 6.54 Å². The molecular formula is C11H19BrN2O. The molecule has 0 aliphatic rings. The van der Waals surface area contributed by atoms with Gasteiger partial charge in [-0.1, -0.05) is 19.1 Å². The molecule has 0 saturated heterocycles. The lowest BCUT2D eigenvalue weighted by atomic mass is 10.2. The zero-order valence-electron chi connectivity index (χ0n) is 9.55. The Morgan fingerprint density at radius 2 is 2.20 bits per heavy atom. The quantitative estimate of drug-likeness (QED) is 0.576. The van der Waals surface area contributed by atoms with Gasteiger partial charge in [0.15, 0.2) is 0 Å². The van der Waals surface area contributed by atoms with E-state index in [-0.39, 0.29) is 6.61 Å². The Bertz CT molecular complexity index is 266. The first-order chi connectivity index (χ1) is 7.15. The minimum absolute atomic E-state index is 0.0313. The molecule has 0 atom stereocenters. The third-order valence-electron chi connectivity index (χ3n) is 1.87. The fourth-order valence-electron chi connectivity index (χ4n) is 1.04. The number of nitrogens with zero attached hydrogens (tertiary/aromatic N) is 1. The van der Waals surface area contributed by atoms with Gasteiger partial charge in [-0.25, -0.2) is 0 Å². The Morgan fingerprint density at radius 3 is 2.60 bits per heavy atom. The maximum atomic E-state index is 9.21. The first kappa shape index (κ1) is 14.4. The van der Waals surface area contributed by atoms with Gasteiger partial charge in [0.2, 0.25) is 0 Å². The number of rotatable bonds is 6. The van der Waals surface area contributed by atoms with Crippen LogP contribution in [0.5, 0.6) is 0 Å². The van der Waals surface area contributed by atoms with E-state index in [0.717, 1.165) is 22.3 Å². The number of aliphatic hydroxyl groups is 1. The molecule has 0 unspecified atom stereocenters. The number of aliphatic hydroxyl groups excluding tert-OH is 1. The van der Waals surface area contributed by atoms with Crippen LogP contribution in [-0.2, 0) is 0 Å². The maximum Gasteiger partial charge on any atom is 0.0799 e. The van der Waals surface area contributed by atoms with Crippen LogP contribution in [0, 0.1) is 0 Å². The van der Waals surface area contributed by atoms with Crippen molar-refractivity contribution in [3.05, 3.63) is 23.4 Å². The third kappa shape index (κ3) is 6.47. The van der Waals surface area contributed by atoms with Gasteiger partial charge in [-0.05, 0) is 34.8 Å². The number of hydrogen-bond donors (Lipinski definition) is 2. The van der Waals surface area contributed by atoms with Gasteiger partial charge in [-0.2, -0.15) is 0 Å². The lowest BCUT2D eigenvalue weighted by molar-refractivity contribution is 0.333. The first-order valence-electron chi connectivity index (χ1n) is 4.99. The second kappa shape index (κ2) is 8.68. The molecular weight excluding hydrogens is 256 g/mol. The summed E-state index contributed by atoms with van der Waals surface area (Å²) in [6, 6.07) is 0. The summed E-state index contributed by atoms with van der Waals surface area (Å²) in [5.41, 5.74) is 1.83. The van der Waals surface area contributed by atoms with Gasteiger partial charge in [0.05, 0.1) is 17.8 Å². The molecule has 2 N–H and O–H groups in total. The molecule has 0 radical (unpaired) electrons. The number of aliphatic imine (C=N–C) groups is 1. The molecule has 0 rings (SSSR count). The number of allylic oxidation sites excluding steroid dienone is 1. The zero-order valence-corrected chi connectivity index (χ0v) is 11.1. The molecule has 0 amide bonds. The summed E-state index contributed by atoms with van der Waals surface area (Å²) in [4.78, 5) is 4.24. The van der Waals surface area contributed by atoms with Gasteiger partial charge in [0, 0.05) is 12.7 Å². The van der Waals surface area contributed by atoms with Crippen LogP contribution in [0.4, 0.5) is 0 Å². The van der Waals surface area contributed by atoms with E-state index < -0.39 is 0 Å². The molecule has 15 heavy (non-hydrogen) atoms. The van der Waals surface area contributed by atoms with Crippen LogP contribution in [-0.4, -0.2) is 29.9 Å². The smallest absolute Gasteiger partial charge is 0.0799 e. The van der Waals surface area contributed by atoms with E-state index in [2.05, 4.69) is 33.2 Å². The number of likely N-dealkylation sites (N-methyl/N-ethyl adjacent to an activating group) is 1. The summed E-state index contributed by atoms with van der Waals surface area (Å²) in [5.74, 6) is 0. The van der Waals surface area contributed by atoms with E-state index in [1.54, 1.807) is 0 Å². The van der Waals surface area contributed by atoms with Gasteiger partial charge >= 0.3 is 0 Å². The Kier molecular flexibility index (Phi) is 8.33. The standard InChI is InChI=1S/C11H19BrN2O/c1-4-5-6-10(8-15)11(13-3)7-14-9(2)12/h5-6,13,15H,4,7-8H2,1-3H3/b6-5?,11-10-,14-9?. The van der Waals surface area contributed by atoms with Crippen LogP contribution in [0.25, 0.3) is 0 Å². The van der Waals surface area contributed by atoms with Crippen molar-refractivity contribution >= 4 is 20.6 Å². The summed E-state index contributed by atoms with van der Waals surface area (Å²) in [6.07, 6.45) is 4.92. The molecule has 0 heterocycles. The van der Waals surface area contributed by atoms with Gasteiger partial charge in [0.1, 0.15) is 0 Å². The monoisotopic (exact) mass is 274 g/mol. The highest BCUT2D eigenvalue weighted by atomic mass is 79.9. The molecule has 0 aromatic rings. The Hall–Kier alpha value is -0.610. The van der Waals surface area contributed by atoms with Crippen molar-refractivity contribution in [1.82, 2.24) is 5.32 Å². The number of hydrogen-bond acceptors (Lipinski definition) is 3. The van der Waals surface area contributed by atoms with Crippen molar-refractivity contribution in [3.63, 3.8) is 0 Å². The second-order valence-corrected chi connectivity index (χ2v) is 4.18. The fraction of sp³-hybridized carbons (Fsp3) is 0.545. The summed E-state index contributed by atoms with van der Waals surface area (Å²) < 4.78 is 0.854. The molecule has 0 aromatic carbocycles. The average molecular weight is 275 g/mol. The molecule has 4 heteroatoms. The summed E-state index contributed by atoms with van der Waals surface area (Å²) in [5, 5.41) is 12.3. The Labute approximate surface area is 100 Å². The lowest BCUT2D eigenvalue weighted by Gasteiger charge is -2.08. The topological polar surface area (TPSA) is 44.6 Å². The molecule has 0 saturated carbocycles. The van der Waals surface area contributed by atoms with Gasteiger partial charge in [-0.3, -0.25) is 4.99 Å². The Balaban J connectivity index is 4.73. The predicted molar refractivity (Wildman–Crippen MR) is 69.5 cm³/mol. The van der Waals surface area contributed by atoms with E-state index in [1.165, 1.54) is 0 Å². The number of halogens is 1. The molecule has 3 nitrogen and oxygen atoms in total. The first-order valence-corrected chi connectivity index (χ1v) is 5.78. The highest BCUT2D eigenvalue weighted by Crippen LogP contribution is 2.05.